The van der Waals surface area contributed by atoms with E-state index in [1.165, 1.54) is 5.56 Å². The van der Waals surface area contributed by atoms with Crippen LogP contribution in [0.1, 0.15) is 29.2 Å². The fourth-order valence-electron chi connectivity index (χ4n) is 4.50. The van der Waals surface area contributed by atoms with E-state index in [2.05, 4.69) is 0 Å². The molecule has 0 unspecified atom stereocenters. The van der Waals surface area contributed by atoms with Crippen molar-refractivity contribution in [2.75, 3.05) is 27.8 Å². The molecule has 0 saturated carbocycles. The van der Waals surface area contributed by atoms with Crippen LogP contribution in [0.4, 0.5) is 0 Å². The number of nitrogens with zero attached hydrogens (tertiary/aromatic N) is 2. The third-order valence-electron chi connectivity index (χ3n) is 6.07. The van der Waals surface area contributed by atoms with Gasteiger partial charge in [-0.1, -0.05) is 30.3 Å². The molecule has 1 saturated heterocycles. The molecule has 2 aromatic carbocycles. The number of likely N-dealkylation sites (tertiary alicyclic amines) is 1. The third-order valence-corrected chi connectivity index (χ3v) is 6.07. The number of carbonyl (C=O) groups excluding carboxylic acids is 2. The average Bonchev–Trinajstić information content (AvgIpc) is 3.06. The van der Waals surface area contributed by atoms with E-state index in [4.69, 9.17) is 9.47 Å². The SMILES string of the molecule is COc1cc2c(cc1OC)CN(C(=O)[C@H]1CC(=O)N(C)[C@@H]1c1ccccc1)CC2. The van der Waals surface area contributed by atoms with Gasteiger partial charge in [0.15, 0.2) is 11.5 Å². The Kier molecular flexibility index (Phi) is 5.18. The van der Waals surface area contributed by atoms with Crippen LogP contribution in [0.5, 0.6) is 11.5 Å². The number of benzene rings is 2. The van der Waals surface area contributed by atoms with E-state index in [1.807, 2.05) is 47.4 Å². The topological polar surface area (TPSA) is 59.1 Å². The largest absolute Gasteiger partial charge is 0.493 e. The minimum Gasteiger partial charge on any atom is -0.493 e. The molecule has 2 aliphatic heterocycles. The minimum absolute atomic E-state index is 0.0148. The van der Waals surface area contributed by atoms with Crippen LogP contribution in [-0.4, -0.2) is 49.4 Å². The van der Waals surface area contributed by atoms with Crippen molar-refractivity contribution in [3.63, 3.8) is 0 Å². The lowest BCUT2D eigenvalue weighted by atomic mass is 9.91. The molecule has 0 aliphatic carbocycles. The second-order valence-electron chi connectivity index (χ2n) is 7.66. The summed E-state index contributed by atoms with van der Waals surface area (Å²) in [5.41, 5.74) is 3.24. The zero-order chi connectivity index (χ0) is 20.5. The third kappa shape index (κ3) is 3.43. The van der Waals surface area contributed by atoms with Gasteiger partial charge in [-0.25, -0.2) is 0 Å². The van der Waals surface area contributed by atoms with Crippen LogP contribution >= 0.6 is 0 Å². The molecule has 0 N–H and O–H groups in total. The van der Waals surface area contributed by atoms with Crippen LogP contribution in [0.25, 0.3) is 0 Å². The fraction of sp³-hybridized carbons (Fsp3) is 0.391. The molecular formula is C23H26N2O4. The first kappa shape index (κ1) is 19.3. The number of rotatable bonds is 4. The summed E-state index contributed by atoms with van der Waals surface area (Å²) in [5, 5.41) is 0. The van der Waals surface area contributed by atoms with E-state index in [0.29, 0.717) is 24.6 Å². The van der Waals surface area contributed by atoms with E-state index in [1.54, 1.807) is 26.2 Å². The summed E-state index contributed by atoms with van der Waals surface area (Å²) in [6.07, 6.45) is 1.01. The summed E-state index contributed by atoms with van der Waals surface area (Å²) >= 11 is 0. The second-order valence-corrected chi connectivity index (χ2v) is 7.66. The Morgan fingerprint density at radius 3 is 2.34 bits per heavy atom. The smallest absolute Gasteiger partial charge is 0.228 e. The van der Waals surface area contributed by atoms with Crippen LogP contribution in [0, 0.1) is 5.92 Å². The number of methoxy groups -OCH3 is 2. The highest BCUT2D eigenvalue weighted by atomic mass is 16.5. The predicted molar refractivity (Wildman–Crippen MR) is 109 cm³/mol. The summed E-state index contributed by atoms with van der Waals surface area (Å²) in [5.74, 6) is 1.06. The van der Waals surface area contributed by atoms with Gasteiger partial charge < -0.3 is 19.3 Å². The fourth-order valence-corrected chi connectivity index (χ4v) is 4.50. The molecule has 0 bridgehead atoms. The van der Waals surface area contributed by atoms with E-state index in [0.717, 1.165) is 17.5 Å². The molecule has 29 heavy (non-hydrogen) atoms. The molecule has 0 spiro atoms. The number of amides is 2. The first-order valence-electron chi connectivity index (χ1n) is 9.86. The lowest BCUT2D eigenvalue weighted by Crippen LogP contribution is -2.41. The van der Waals surface area contributed by atoms with Gasteiger partial charge in [-0.3, -0.25) is 9.59 Å². The summed E-state index contributed by atoms with van der Waals surface area (Å²) in [6, 6.07) is 13.5. The van der Waals surface area contributed by atoms with Crippen molar-refractivity contribution in [2.24, 2.45) is 5.92 Å². The number of hydrogen-bond donors (Lipinski definition) is 0. The molecule has 6 nitrogen and oxygen atoms in total. The van der Waals surface area contributed by atoms with Crippen molar-refractivity contribution in [1.29, 1.82) is 0 Å². The normalized spacial score (nSPS) is 21.1. The summed E-state index contributed by atoms with van der Waals surface area (Å²) in [6.45, 7) is 1.15. The Balaban J connectivity index is 1.59. The maximum absolute atomic E-state index is 13.5. The highest BCUT2D eigenvalue weighted by Crippen LogP contribution is 2.39. The number of fused-ring (bicyclic) bond motifs is 1. The number of hydrogen-bond acceptors (Lipinski definition) is 4. The maximum atomic E-state index is 13.5. The molecule has 152 valence electrons. The lowest BCUT2D eigenvalue weighted by Gasteiger charge is -2.33. The summed E-state index contributed by atoms with van der Waals surface area (Å²) < 4.78 is 10.8. The Morgan fingerprint density at radius 1 is 1.03 bits per heavy atom. The molecule has 2 aromatic rings. The van der Waals surface area contributed by atoms with Gasteiger partial charge in [0.2, 0.25) is 11.8 Å². The van der Waals surface area contributed by atoms with Gasteiger partial charge in [0.25, 0.3) is 0 Å². The molecule has 0 radical (unpaired) electrons. The van der Waals surface area contributed by atoms with Crippen molar-refractivity contribution in [1.82, 2.24) is 9.80 Å². The second kappa shape index (κ2) is 7.78. The van der Waals surface area contributed by atoms with E-state index < -0.39 is 0 Å². The van der Waals surface area contributed by atoms with Gasteiger partial charge in [-0.15, -0.1) is 0 Å². The molecule has 0 aromatic heterocycles. The van der Waals surface area contributed by atoms with Crippen molar-refractivity contribution in [2.45, 2.75) is 25.4 Å². The highest BCUT2D eigenvalue weighted by Gasteiger charge is 2.44. The van der Waals surface area contributed by atoms with Crippen molar-refractivity contribution < 1.29 is 19.1 Å². The van der Waals surface area contributed by atoms with Crippen molar-refractivity contribution in [3.05, 3.63) is 59.2 Å². The number of ether oxygens (including phenoxy) is 2. The minimum atomic E-state index is -0.364. The molecule has 1 fully saturated rings. The van der Waals surface area contributed by atoms with Crippen molar-refractivity contribution >= 4 is 11.8 Å². The predicted octanol–water partition coefficient (Wildman–Crippen LogP) is 2.81. The van der Waals surface area contributed by atoms with Gasteiger partial charge in [0.1, 0.15) is 0 Å². The molecule has 4 rings (SSSR count). The summed E-state index contributed by atoms with van der Waals surface area (Å²) in [4.78, 5) is 29.5. The van der Waals surface area contributed by atoms with Crippen LogP contribution < -0.4 is 9.47 Å². The molecule has 2 heterocycles. The molecule has 2 atom stereocenters. The van der Waals surface area contributed by atoms with Crippen LogP contribution in [-0.2, 0) is 22.6 Å². The van der Waals surface area contributed by atoms with E-state index in [9.17, 15) is 9.59 Å². The quantitative estimate of drug-likeness (QED) is 0.800. The number of carbonyl (C=O) groups is 2. The Bertz CT molecular complexity index is 928. The van der Waals surface area contributed by atoms with Gasteiger partial charge in [-0.2, -0.15) is 0 Å². The van der Waals surface area contributed by atoms with Crippen LogP contribution in [0.3, 0.4) is 0 Å². The monoisotopic (exact) mass is 394 g/mol. The Labute approximate surface area is 171 Å². The van der Waals surface area contributed by atoms with E-state index >= 15 is 0 Å². The Hall–Kier alpha value is -3.02. The highest BCUT2D eigenvalue weighted by molar-refractivity contribution is 5.90. The Morgan fingerprint density at radius 2 is 1.69 bits per heavy atom. The molecule has 6 heteroatoms. The first-order valence-corrected chi connectivity index (χ1v) is 9.86. The zero-order valence-corrected chi connectivity index (χ0v) is 17.1. The van der Waals surface area contributed by atoms with Crippen LogP contribution in [0.2, 0.25) is 0 Å². The van der Waals surface area contributed by atoms with Gasteiger partial charge in [-0.05, 0) is 35.2 Å². The molecule has 2 aliphatic rings. The molecule has 2 amide bonds. The lowest BCUT2D eigenvalue weighted by molar-refractivity contribution is -0.137. The maximum Gasteiger partial charge on any atom is 0.228 e. The van der Waals surface area contributed by atoms with E-state index in [-0.39, 0.29) is 30.2 Å². The van der Waals surface area contributed by atoms with Gasteiger partial charge >= 0.3 is 0 Å². The zero-order valence-electron chi connectivity index (χ0n) is 17.1. The molecular weight excluding hydrogens is 368 g/mol. The van der Waals surface area contributed by atoms with Crippen molar-refractivity contribution in [3.8, 4) is 11.5 Å². The average molecular weight is 394 g/mol. The first-order chi connectivity index (χ1) is 14.0. The van der Waals surface area contributed by atoms with Gasteiger partial charge in [0.05, 0.1) is 26.2 Å². The standard InChI is InChI=1S/C23H26N2O4/c1-24-21(26)13-18(22(24)15-7-5-4-6-8-15)23(27)25-10-9-16-11-19(28-2)20(29-3)12-17(16)14-25/h4-8,11-12,18,22H,9-10,13-14H2,1-3H3/t18-,22+/m0/s1. The summed E-state index contributed by atoms with van der Waals surface area (Å²) in [7, 11) is 5.02. The van der Waals surface area contributed by atoms with Crippen LogP contribution in [0.15, 0.2) is 42.5 Å². The van der Waals surface area contributed by atoms with Gasteiger partial charge in [0, 0.05) is 26.6 Å².